The highest BCUT2D eigenvalue weighted by Crippen LogP contribution is 2.45. The van der Waals surface area contributed by atoms with Crippen LogP contribution >= 0.6 is 11.6 Å². The molecule has 2 aromatic rings. The number of likely N-dealkylation sites (tertiary alicyclic amines) is 1. The molecular formula is C23H27ClFNO2. The molecule has 0 bridgehead atoms. The van der Waals surface area contributed by atoms with E-state index in [0.29, 0.717) is 16.3 Å². The van der Waals surface area contributed by atoms with E-state index >= 15 is 0 Å². The Morgan fingerprint density at radius 1 is 1.18 bits per heavy atom. The van der Waals surface area contributed by atoms with Crippen LogP contribution in [0.1, 0.15) is 43.2 Å². The Morgan fingerprint density at radius 3 is 2.79 bits per heavy atom. The first kappa shape index (κ1) is 19.7. The molecule has 4 rings (SSSR count). The van der Waals surface area contributed by atoms with Crippen LogP contribution in [-0.2, 0) is 13.2 Å². The van der Waals surface area contributed by atoms with Crippen molar-refractivity contribution < 1.29 is 14.2 Å². The Labute approximate surface area is 171 Å². The number of rotatable bonds is 5. The Balaban J connectivity index is 1.40. The van der Waals surface area contributed by atoms with Gasteiger partial charge in [-0.15, -0.1) is 0 Å². The summed E-state index contributed by atoms with van der Waals surface area (Å²) in [4.78, 5) is 2.45. The van der Waals surface area contributed by atoms with E-state index in [-0.39, 0.29) is 23.9 Å². The maximum Gasteiger partial charge on any atom is 0.131 e. The minimum atomic E-state index is -0.350. The van der Waals surface area contributed by atoms with Crippen molar-refractivity contribution in [3.63, 3.8) is 0 Å². The summed E-state index contributed by atoms with van der Waals surface area (Å²) in [7, 11) is 0. The van der Waals surface area contributed by atoms with E-state index in [4.69, 9.17) is 16.3 Å². The maximum atomic E-state index is 13.9. The van der Waals surface area contributed by atoms with Gasteiger partial charge in [0.2, 0.25) is 0 Å². The molecule has 2 aromatic carbocycles. The van der Waals surface area contributed by atoms with E-state index in [9.17, 15) is 9.50 Å². The summed E-state index contributed by atoms with van der Waals surface area (Å²) in [5.41, 5.74) is 1.64. The van der Waals surface area contributed by atoms with Gasteiger partial charge in [-0.3, -0.25) is 4.90 Å². The lowest BCUT2D eigenvalue weighted by atomic mass is 9.76. The fourth-order valence-electron chi connectivity index (χ4n) is 4.81. The van der Waals surface area contributed by atoms with Gasteiger partial charge in [0.05, 0.1) is 11.1 Å². The van der Waals surface area contributed by atoms with Crippen LogP contribution < -0.4 is 4.74 Å². The third-order valence-electron chi connectivity index (χ3n) is 6.30. The summed E-state index contributed by atoms with van der Waals surface area (Å²) in [5, 5.41) is 10.8. The quantitative estimate of drug-likeness (QED) is 0.746. The molecule has 1 aliphatic heterocycles. The second-order valence-corrected chi connectivity index (χ2v) is 8.63. The van der Waals surface area contributed by atoms with Gasteiger partial charge < -0.3 is 9.84 Å². The average molecular weight is 404 g/mol. The molecule has 1 aliphatic carbocycles. The SMILES string of the molecule is O[C@@H]1CCC[C@]12CCCN(Cc1cccc(OCc3c(F)cccc3Cl)c1)C2. The molecule has 1 saturated heterocycles. The molecular weight excluding hydrogens is 377 g/mol. The number of nitrogens with zero attached hydrogens (tertiary/aromatic N) is 1. The van der Waals surface area contributed by atoms with Crippen LogP contribution in [0.25, 0.3) is 0 Å². The van der Waals surface area contributed by atoms with Crippen LogP contribution in [-0.4, -0.2) is 29.2 Å². The van der Waals surface area contributed by atoms with Gasteiger partial charge in [0, 0.05) is 24.1 Å². The number of ether oxygens (including phenoxy) is 1. The maximum absolute atomic E-state index is 13.9. The van der Waals surface area contributed by atoms with Gasteiger partial charge >= 0.3 is 0 Å². The Bertz CT molecular complexity index is 810. The summed E-state index contributed by atoms with van der Waals surface area (Å²) in [6.45, 7) is 2.97. The van der Waals surface area contributed by atoms with Crippen molar-refractivity contribution in [1.82, 2.24) is 4.90 Å². The summed E-state index contributed by atoms with van der Waals surface area (Å²) in [6, 6.07) is 12.6. The topological polar surface area (TPSA) is 32.7 Å². The fourth-order valence-corrected chi connectivity index (χ4v) is 5.02. The van der Waals surface area contributed by atoms with Crippen LogP contribution in [0.15, 0.2) is 42.5 Å². The summed E-state index contributed by atoms with van der Waals surface area (Å²) < 4.78 is 19.7. The molecule has 150 valence electrons. The van der Waals surface area contributed by atoms with E-state index in [1.807, 2.05) is 18.2 Å². The van der Waals surface area contributed by atoms with Crippen LogP contribution in [0.4, 0.5) is 4.39 Å². The number of aliphatic hydroxyl groups is 1. The Hall–Kier alpha value is -1.62. The predicted molar refractivity (Wildman–Crippen MR) is 109 cm³/mol. The third-order valence-corrected chi connectivity index (χ3v) is 6.65. The molecule has 1 heterocycles. The van der Waals surface area contributed by atoms with Crippen molar-refractivity contribution in [2.45, 2.75) is 51.4 Å². The van der Waals surface area contributed by atoms with E-state index in [2.05, 4.69) is 11.0 Å². The van der Waals surface area contributed by atoms with E-state index in [1.54, 1.807) is 12.1 Å². The molecule has 2 atom stereocenters. The van der Waals surface area contributed by atoms with Crippen molar-refractivity contribution in [3.05, 3.63) is 64.4 Å². The number of hydrogen-bond donors (Lipinski definition) is 1. The molecule has 1 spiro atoms. The highest BCUT2D eigenvalue weighted by Gasteiger charge is 2.44. The summed E-state index contributed by atoms with van der Waals surface area (Å²) >= 11 is 6.08. The number of benzene rings is 2. The lowest BCUT2D eigenvalue weighted by Gasteiger charge is -2.42. The van der Waals surface area contributed by atoms with Gasteiger partial charge in [-0.1, -0.05) is 36.2 Å². The molecule has 0 radical (unpaired) electrons. The largest absolute Gasteiger partial charge is 0.489 e. The first-order valence-corrected chi connectivity index (χ1v) is 10.5. The third kappa shape index (κ3) is 4.19. The number of halogens is 2. The molecule has 2 aliphatic rings. The van der Waals surface area contributed by atoms with Gasteiger partial charge in [-0.25, -0.2) is 4.39 Å². The van der Waals surface area contributed by atoms with Gasteiger partial charge in [-0.05, 0) is 62.1 Å². The smallest absolute Gasteiger partial charge is 0.131 e. The Kier molecular flexibility index (Phi) is 5.91. The first-order chi connectivity index (χ1) is 13.6. The second kappa shape index (κ2) is 8.40. The lowest BCUT2D eigenvalue weighted by Crippen LogP contribution is -2.46. The van der Waals surface area contributed by atoms with E-state index in [1.165, 1.54) is 11.6 Å². The number of piperidine rings is 1. The standard InChI is InChI=1S/C23H27ClFNO2/c24-20-7-2-8-21(25)19(20)15-28-18-6-1-5-17(13-18)14-26-12-4-11-23(16-26)10-3-9-22(23)27/h1-2,5-8,13,22,27H,3-4,9-12,14-16H2/t22-,23-/m1/s1. The van der Waals surface area contributed by atoms with Crippen LogP contribution in [0, 0.1) is 11.2 Å². The molecule has 3 nitrogen and oxygen atoms in total. The molecule has 2 fully saturated rings. The first-order valence-electron chi connectivity index (χ1n) is 10.1. The number of hydrogen-bond acceptors (Lipinski definition) is 3. The zero-order chi connectivity index (χ0) is 19.6. The van der Waals surface area contributed by atoms with Gasteiger partial charge in [0.1, 0.15) is 18.2 Å². The monoisotopic (exact) mass is 403 g/mol. The van der Waals surface area contributed by atoms with Crippen molar-refractivity contribution in [2.24, 2.45) is 5.41 Å². The number of aliphatic hydroxyl groups excluding tert-OH is 1. The van der Waals surface area contributed by atoms with Crippen molar-refractivity contribution >= 4 is 11.6 Å². The molecule has 0 aromatic heterocycles. The van der Waals surface area contributed by atoms with Crippen LogP contribution in [0.5, 0.6) is 5.75 Å². The van der Waals surface area contributed by atoms with Gasteiger partial charge in [0.25, 0.3) is 0 Å². The Morgan fingerprint density at radius 2 is 2.00 bits per heavy atom. The van der Waals surface area contributed by atoms with Crippen LogP contribution in [0.2, 0.25) is 5.02 Å². The van der Waals surface area contributed by atoms with Crippen molar-refractivity contribution in [2.75, 3.05) is 13.1 Å². The zero-order valence-corrected chi connectivity index (χ0v) is 16.8. The zero-order valence-electron chi connectivity index (χ0n) is 16.0. The molecule has 5 heteroatoms. The summed E-state index contributed by atoms with van der Waals surface area (Å²) in [6.07, 6.45) is 5.33. The molecule has 0 unspecified atom stereocenters. The average Bonchev–Trinajstić information content (AvgIpc) is 3.01. The normalized spacial score (nSPS) is 25.3. The van der Waals surface area contributed by atoms with Crippen molar-refractivity contribution in [3.8, 4) is 5.75 Å². The lowest BCUT2D eigenvalue weighted by molar-refractivity contribution is -0.0120. The predicted octanol–water partition coefficient (Wildman–Crippen LogP) is 5.19. The highest BCUT2D eigenvalue weighted by atomic mass is 35.5. The van der Waals surface area contributed by atoms with Gasteiger partial charge in [0.15, 0.2) is 0 Å². The second-order valence-electron chi connectivity index (χ2n) is 8.22. The molecule has 1 saturated carbocycles. The fraction of sp³-hybridized carbons (Fsp3) is 0.478. The minimum absolute atomic E-state index is 0.0912. The van der Waals surface area contributed by atoms with Crippen molar-refractivity contribution in [1.29, 1.82) is 0 Å². The van der Waals surface area contributed by atoms with Gasteiger partial charge in [-0.2, -0.15) is 0 Å². The van der Waals surface area contributed by atoms with Crippen LogP contribution in [0.3, 0.4) is 0 Å². The summed E-state index contributed by atoms with van der Waals surface area (Å²) in [5.74, 6) is 0.363. The molecule has 0 amide bonds. The van der Waals surface area contributed by atoms with E-state index < -0.39 is 0 Å². The molecule has 28 heavy (non-hydrogen) atoms. The van der Waals surface area contributed by atoms with E-state index in [0.717, 1.165) is 51.7 Å². The molecule has 1 N–H and O–H groups in total. The minimum Gasteiger partial charge on any atom is -0.489 e. The highest BCUT2D eigenvalue weighted by molar-refractivity contribution is 6.31.